The molecule has 0 aliphatic carbocycles. The standard InChI is InChI=1S/C15H22O6S.Na/c1-2-3-4-5-6-7-12-20-15(16)21-13-8-10-14(11-9-13)22(17,18)19;/h8-11H,2-7,12H2,1H3,(H,17,18,19);. The Kier molecular flexibility index (Phi) is 11.6. The van der Waals surface area contributed by atoms with Crippen LogP contribution in [0, 0.1) is 0 Å². The molecule has 0 heterocycles. The molecule has 125 valence electrons. The topological polar surface area (TPSA) is 89.9 Å². The molecule has 23 heavy (non-hydrogen) atoms. The second kappa shape index (κ2) is 11.9. The van der Waals surface area contributed by atoms with Crippen LogP contribution in [0.5, 0.6) is 5.75 Å². The molecule has 0 aliphatic rings. The summed E-state index contributed by atoms with van der Waals surface area (Å²) < 4.78 is 40.3. The summed E-state index contributed by atoms with van der Waals surface area (Å²) in [5, 5.41) is 0. The van der Waals surface area contributed by atoms with E-state index in [-0.39, 0.29) is 40.2 Å². The van der Waals surface area contributed by atoms with Gasteiger partial charge in [-0.15, -0.1) is 0 Å². The van der Waals surface area contributed by atoms with Gasteiger partial charge in [0.05, 0.1) is 11.5 Å². The molecule has 0 fully saturated rings. The summed E-state index contributed by atoms with van der Waals surface area (Å²) in [5.41, 5.74) is 0. The van der Waals surface area contributed by atoms with E-state index in [0.717, 1.165) is 31.4 Å². The summed E-state index contributed by atoms with van der Waals surface area (Å²) >= 11 is 0. The molecule has 0 amide bonds. The van der Waals surface area contributed by atoms with Gasteiger partial charge in [-0.05, 0) is 30.7 Å². The molecule has 0 saturated carbocycles. The van der Waals surface area contributed by atoms with Gasteiger partial charge in [-0.25, -0.2) is 4.79 Å². The zero-order valence-corrected chi connectivity index (χ0v) is 16.5. The number of carbonyl (C=O) groups excluding carboxylic acids is 1. The molecule has 0 aromatic heterocycles. The molecule has 6 nitrogen and oxygen atoms in total. The first kappa shape index (κ1) is 22.4. The van der Waals surface area contributed by atoms with E-state index in [0.29, 0.717) is 6.61 Å². The van der Waals surface area contributed by atoms with Crippen LogP contribution < -0.4 is 4.74 Å². The Morgan fingerprint density at radius 3 is 2.17 bits per heavy atom. The Labute approximate surface area is 159 Å². The molecule has 0 spiro atoms. The van der Waals surface area contributed by atoms with Gasteiger partial charge in [0.2, 0.25) is 0 Å². The third kappa shape index (κ3) is 9.99. The van der Waals surface area contributed by atoms with Crippen molar-refractivity contribution in [1.82, 2.24) is 0 Å². The fraction of sp³-hybridized carbons (Fsp3) is 0.533. The molecule has 8 heteroatoms. The van der Waals surface area contributed by atoms with Gasteiger partial charge in [-0.3, -0.25) is 4.55 Å². The van der Waals surface area contributed by atoms with E-state index in [9.17, 15) is 13.2 Å². The van der Waals surface area contributed by atoms with Gasteiger partial charge in [0.15, 0.2) is 0 Å². The van der Waals surface area contributed by atoms with Crippen molar-refractivity contribution >= 4 is 45.8 Å². The van der Waals surface area contributed by atoms with E-state index in [2.05, 4.69) is 6.92 Å². The van der Waals surface area contributed by atoms with Crippen LogP contribution in [0.15, 0.2) is 29.2 Å². The number of rotatable bonds is 9. The number of ether oxygens (including phenoxy) is 2. The predicted molar refractivity (Wildman–Crippen MR) is 87.4 cm³/mol. The zero-order chi connectivity index (χ0) is 16.4. The minimum Gasteiger partial charge on any atom is -0.434 e. The van der Waals surface area contributed by atoms with E-state index in [1.165, 1.54) is 31.4 Å². The third-order valence-electron chi connectivity index (χ3n) is 3.04. The molecule has 1 radical (unpaired) electrons. The van der Waals surface area contributed by atoms with Crippen molar-refractivity contribution in [3.63, 3.8) is 0 Å². The quantitative estimate of drug-likeness (QED) is 0.240. The Hall–Kier alpha value is -0.600. The largest absolute Gasteiger partial charge is 0.513 e. The number of carbonyl (C=O) groups is 1. The summed E-state index contributed by atoms with van der Waals surface area (Å²) in [4.78, 5) is 11.2. The van der Waals surface area contributed by atoms with E-state index < -0.39 is 16.3 Å². The SMILES string of the molecule is CCCCCCCCOC(=O)Oc1ccc(S(=O)(=O)O)cc1.[Na]. The summed E-state index contributed by atoms with van der Waals surface area (Å²) in [6.45, 7) is 2.45. The van der Waals surface area contributed by atoms with Gasteiger partial charge < -0.3 is 9.47 Å². The minimum atomic E-state index is -4.25. The van der Waals surface area contributed by atoms with Crippen molar-refractivity contribution in [2.75, 3.05) is 6.61 Å². The van der Waals surface area contributed by atoms with Crippen LogP contribution in [0.2, 0.25) is 0 Å². The molecule has 0 unspecified atom stereocenters. The Morgan fingerprint density at radius 1 is 1.04 bits per heavy atom. The van der Waals surface area contributed by atoms with Crippen LogP contribution in [0.4, 0.5) is 4.79 Å². The van der Waals surface area contributed by atoms with Gasteiger partial charge >= 0.3 is 6.16 Å². The number of benzene rings is 1. The monoisotopic (exact) mass is 353 g/mol. The van der Waals surface area contributed by atoms with Gasteiger partial charge in [0.25, 0.3) is 10.1 Å². The van der Waals surface area contributed by atoms with Crippen LogP contribution in [0.25, 0.3) is 0 Å². The summed E-state index contributed by atoms with van der Waals surface area (Å²) in [6.07, 6.45) is 5.72. The molecular formula is C15H22NaO6S. The van der Waals surface area contributed by atoms with Gasteiger partial charge in [-0.2, -0.15) is 8.42 Å². The average molecular weight is 353 g/mol. The Morgan fingerprint density at radius 2 is 1.61 bits per heavy atom. The maximum absolute atomic E-state index is 11.4. The van der Waals surface area contributed by atoms with Gasteiger partial charge in [0, 0.05) is 29.6 Å². The van der Waals surface area contributed by atoms with Crippen molar-refractivity contribution in [3.05, 3.63) is 24.3 Å². The molecule has 0 aliphatic heterocycles. The maximum Gasteiger partial charge on any atom is 0.513 e. The first-order valence-corrected chi connectivity index (χ1v) is 8.79. The van der Waals surface area contributed by atoms with E-state index in [4.69, 9.17) is 14.0 Å². The fourth-order valence-electron chi connectivity index (χ4n) is 1.84. The maximum atomic E-state index is 11.4. The summed E-state index contributed by atoms with van der Waals surface area (Å²) in [6, 6.07) is 4.83. The third-order valence-corrected chi connectivity index (χ3v) is 3.91. The van der Waals surface area contributed by atoms with Crippen molar-refractivity contribution < 1.29 is 27.2 Å². The van der Waals surface area contributed by atoms with E-state index >= 15 is 0 Å². The van der Waals surface area contributed by atoms with Crippen molar-refractivity contribution in [2.24, 2.45) is 0 Å². The molecular weight excluding hydrogens is 331 g/mol. The van der Waals surface area contributed by atoms with Gasteiger partial charge in [0.1, 0.15) is 5.75 Å². The number of hydrogen-bond acceptors (Lipinski definition) is 5. The smallest absolute Gasteiger partial charge is 0.434 e. The fourth-order valence-corrected chi connectivity index (χ4v) is 2.32. The summed E-state index contributed by atoms with van der Waals surface area (Å²) in [7, 11) is -4.25. The predicted octanol–water partition coefficient (Wildman–Crippen LogP) is 3.43. The van der Waals surface area contributed by atoms with Crippen LogP contribution in [-0.4, -0.2) is 55.3 Å². The molecule has 1 rings (SSSR count). The Bertz CT molecular complexity index is 556. The molecule has 0 bridgehead atoms. The number of unbranched alkanes of at least 4 members (excludes halogenated alkanes) is 5. The molecule has 1 N–H and O–H groups in total. The molecule has 1 aromatic carbocycles. The van der Waals surface area contributed by atoms with Gasteiger partial charge in [-0.1, -0.05) is 39.0 Å². The first-order chi connectivity index (χ1) is 10.4. The average Bonchev–Trinajstić information content (AvgIpc) is 2.46. The second-order valence-corrected chi connectivity index (χ2v) is 6.34. The summed E-state index contributed by atoms with van der Waals surface area (Å²) in [5.74, 6) is 0.153. The van der Waals surface area contributed by atoms with Crippen LogP contribution in [0.1, 0.15) is 45.4 Å². The van der Waals surface area contributed by atoms with Crippen LogP contribution in [-0.2, 0) is 14.9 Å². The van der Waals surface area contributed by atoms with Crippen molar-refractivity contribution in [1.29, 1.82) is 0 Å². The van der Waals surface area contributed by atoms with E-state index in [1.54, 1.807) is 0 Å². The van der Waals surface area contributed by atoms with Crippen LogP contribution in [0.3, 0.4) is 0 Å². The molecule has 1 aromatic rings. The first-order valence-electron chi connectivity index (χ1n) is 7.35. The van der Waals surface area contributed by atoms with E-state index in [1.807, 2.05) is 0 Å². The molecule has 0 saturated heterocycles. The van der Waals surface area contributed by atoms with Crippen molar-refractivity contribution in [3.8, 4) is 5.75 Å². The minimum absolute atomic E-state index is 0. The normalized spacial score (nSPS) is 10.7. The number of hydrogen-bond donors (Lipinski definition) is 1. The second-order valence-electron chi connectivity index (χ2n) is 4.91. The molecule has 0 atom stereocenters. The van der Waals surface area contributed by atoms with Crippen LogP contribution >= 0.6 is 0 Å². The van der Waals surface area contributed by atoms with Crippen molar-refractivity contribution in [2.45, 2.75) is 50.3 Å². The Balaban J connectivity index is 0.00000484. The zero-order valence-electron chi connectivity index (χ0n) is 13.7.